The molecule has 0 aromatic heterocycles. The fraction of sp³-hybridized carbons (Fsp3) is 0.857. The Hall–Kier alpha value is -0.570. The first kappa shape index (κ1) is 7.54. The molecule has 0 saturated carbocycles. The molecule has 1 fully saturated rings. The number of carbonyl (C=O) groups is 1. The molecule has 2 N–H and O–H groups in total. The molecule has 1 aliphatic heterocycles. The molecule has 1 heterocycles. The highest BCUT2D eigenvalue weighted by atomic mass is 16.1. The van der Waals surface area contributed by atoms with Gasteiger partial charge in [0.25, 0.3) is 0 Å². The van der Waals surface area contributed by atoms with Gasteiger partial charge in [-0.1, -0.05) is 0 Å². The maximum Gasteiger partial charge on any atom is 0.217 e. The minimum atomic E-state index is 0.0689. The molecule has 0 aliphatic carbocycles. The summed E-state index contributed by atoms with van der Waals surface area (Å²) in [6.45, 7) is 5.69. The van der Waals surface area contributed by atoms with E-state index in [1.807, 2.05) is 6.92 Å². The van der Waals surface area contributed by atoms with Crippen LogP contribution in [0.5, 0.6) is 0 Å². The highest BCUT2D eigenvalue weighted by molar-refractivity contribution is 5.73. The molecule has 0 aromatic carbocycles. The molecule has 58 valence electrons. The smallest absolute Gasteiger partial charge is 0.217 e. The van der Waals surface area contributed by atoms with Crippen LogP contribution in [0.3, 0.4) is 0 Å². The zero-order valence-corrected chi connectivity index (χ0v) is 6.48. The van der Waals surface area contributed by atoms with Gasteiger partial charge in [-0.2, -0.15) is 0 Å². The van der Waals surface area contributed by atoms with E-state index in [9.17, 15) is 4.79 Å². The normalized spacial score (nSPS) is 21.4. The zero-order chi connectivity index (χ0) is 7.56. The zero-order valence-electron chi connectivity index (χ0n) is 6.48. The van der Waals surface area contributed by atoms with Crippen LogP contribution in [-0.4, -0.2) is 25.0 Å². The summed E-state index contributed by atoms with van der Waals surface area (Å²) >= 11 is 0. The van der Waals surface area contributed by atoms with Gasteiger partial charge in [0.15, 0.2) is 0 Å². The van der Waals surface area contributed by atoms with Gasteiger partial charge in [-0.3, -0.25) is 4.79 Å². The standard InChI is InChI=1S/C7H14N2O/c1-5(9-6(2)10)7-3-8-4-7/h5,7-8H,3-4H2,1-2H3,(H,9,10). The summed E-state index contributed by atoms with van der Waals surface area (Å²) in [6, 6.07) is 0.332. The third kappa shape index (κ3) is 1.70. The SMILES string of the molecule is CC(=O)NC(C)C1CNC1. The van der Waals surface area contributed by atoms with Crippen molar-refractivity contribution < 1.29 is 4.79 Å². The Labute approximate surface area is 61.2 Å². The quantitative estimate of drug-likeness (QED) is 0.557. The van der Waals surface area contributed by atoms with Crippen LogP contribution < -0.4 is 10.6 Å². The topological polar surface area (TPSA) is 41.1 Å². The summed E-state index contributed by atoms with van der Waals surface area (Å²) < 4.78 is 0. The molecule has 0 aromatic rings. The second kappa shape index (κ2) is 3.01. The lowest BCUT2D eigenvalue weighted by atomic mass is 9.95. The van der Waals surface area contributed by atoms with Gasteiger partial charge in [0, 0.05) is 32.0 Å². The molecule has 3 heteroatoms. The Morgan fingerprint density at radius 2 is 2.30 bits per heavy atom. The number of carbonyl (C=O) groups excluding carboxylic acids is 1. The van der Waals surface area contributed by atoms with Gasteiger partial charge in [0.1, 0.15) is 0 Å². The van der Waals surface area contributed by atoms with Crippen LogP contribution in [-0.2, 0) is 4.79 Å². The van der Waals surface area contributed by atoms with Crippen LogP contribution in [0.2, 0.25) is 0 Å². The maximum atomic E-state index is 10.6. The lowest BCUT2D eigenvalue weighted by Gasteiger charge is -2.32. The second-order valence-electron chi connectivity index (χ2n) is 2.91. The van der Waals surface area contributed by atoms with Gasteiger partial charge in [-0.25, -0.2) is 0 Å². The first-order chi connectivity index (χ1) is 4.70. The molecule has 0 radical (unpaired) electrons. The van der Waals surface area contributed by atoms with E-state index in [0.29, 0.717) is 12.0 Å². The van der Waals surface area contributed by atoms with Gasteiger partial charge in [-0.05, 0) is 6.92 Å². The van der Waals surface area contributed by atoms with Crippen LogP contribution >= 0.6 is 0 Å². The molecule has 1 unspecified atom stereocenters. The van der Waals surface area contributed by atoms with E-state index in [0.717, 1.165) is 13.1 Å². The summed E-state index contributed by atoms with van der Waals surface area (Å²) in [4.78, 5) is 10.6. The first-order valence-electron chi connectivity index (χ1n) is 3.68. The molecule has 0 bridgehead atoms. The van der Waals surface area contributed by atoms with Gasteiger partial charge in [-0.15, -0.1) is 0 Å². The molecule has 1 atom stereocenters. The molecule has 1 rings (SSSR count). The number of hydrogen-bond donors (Lipinski definition) is 2. The molecule has 1 saturated heterocycles. The van der Waals surface area contributed by atoms with Crippen LogP contribution in [0, 0.1) is 5.92 Å². The monoisotopic (exact) mass is 142 g/mol. The second-order valence-corrected chi connectivity index (χ2v) is 2.91. The summed E-state index contributed by atoms with van der Waals surface area (Å²) in [5, 5.41) is 6.03. The van der Waals surface area contributed by atoms with Crippen molar-refractivity contribution >= 4 is 5.91 Å². The highest BCUT2D eigenvalue weighted by Gasteiger charge is 2.23. The number of nitrogens with one attached hydrogen (secondary N) is 2. The molecule has 1 amide bonds. The maximum absolute atomic E-state index is 10.6. The van der Waals surface area contributed by atoms with Gasteiger partial charge in [0.2, 0.25) is 5.91 Å². The summed E-state index contributed by atoms with van der Waals surface area (Å²) in [7, 11) is 0. The minimum absolute atomic E-state index is 0.0689. The Balaban J connectivity index is 2.19. The fourth-order valence-electron chi connectivity index (χ4n) is 1.10. The van der Waals surface area contributed by atoms with Crippen molar-refractivity contribution in [1.82, 2.24) is 10.6 Å². The van der Waals surface area contributed by atoms with Crippen LogP contribution in [0.4, 0.5) is 0 Å². The molecular formula is C7H14N2O. The largest absolute Gasteiger partial charge is 0.354 e. The lowest BCUT2D eigenvalue weighted by Crippen LogP contribution is -2.53. The van der Waals surface area contributed by atoms with Gasteiger partial charge < -0.3 is 10.6 Å². The van der Waals surface area contributed by atoms with Crippen molar-refractivity contribution in [3.8, 4) is 0 Å². The van der Waals surface area contributed by atoms with Crippen molar-refractivity contribution in [1.29, 1.82) is 0 Å². The average molecular weight is 142 g/mol. The fourth-order valence-corrected chi connectivity index (χ4v) is 1.10. The predicted molar refractivity (Wildman–Crippen MR) is 39.6 cm³/mol. The van der Waals surface area contributed by atoms with E-state index in [2.05, 4.69) is 10.6 Å². The molecule has 1 aliphatic rings. The minimum Gasteiger partial charge on any atom is -0.354 e. The van der Waals surface area contributed by atoms with E-state index in [-0.39, 0.29) is 5.91 Å². The third-order valence-electron chi connectivity index (χ3n) is 1.95. The van der Waals surface area contributed by atoms with E-state index in [1.54, 1.807) is 6.92 Å². The van der Waals surface area contributed by atoms with E-state index in [1.165, 1.54) is 0 Å². The predicted octanol–water partition coefficient (Wildman–Crippen LogP) is -0.270. The summed E-state index contributed by atoms with van der Waals surface area (Å²) in [5.41, 5.74) is 0. The van der Waals surface area contributed by atoms with E-state index in [4.69, 9.17) is 0 Å². The van der Waals surface area contributed by atoms with Gasteiger partial charge in [0.05, 0.1) is 0 Å². The number of hydrogen-bond acceptors (Lipinski definition) is 2. The van der Waals surface area contributed by atoms with Crippen molar-refractivity contribution in [2.24, 2.45) is 5.92 Å². The van der Waals surface area contributed by atoms with Crippen molar-refractivity contribution in [3.05, 3.63) is 0 Å². The number of amides is 1. The average Bonchev–Trinajstić information content (AvgIpc) is 1.55. The Morgan fingerprint density at radius 1 is 1.70 bits per heavy atom. The highest BCUT2D eigenvalue weighted by Crippen LogP contribution is 2.07. The summed E-state index contributed by atoms with van der Waals surface area (Å²) in [5.74, 6) is 0.711. The van der Waals surface area contributed by atoms with Crippen molar-refractivity contribution in [3.63, 3.8) is 0 Å². The molecule has 3 nitrogen and oxygen atoms in total. The Morgan fingerprint density at radius 3 is 2.60 bits per heavy atom. The molecular weight excluding hydrogens is 128 g/mol. The molecule has 10 heavy (non-hydrogen) atoms. The third-order valence-corrected chi connectivity index (χ3v) is 1.95. The Bertz CT molecular complexity index is 132. The van der Waals surface area contributed by atoms with Crippen molar-refractivity contribution in [2.75, 3.05) is 13.1 Å². The van der Waals surface area contributed by atoms with E-state index < -0.39 is 0 Å². The van der Waals surface area contributed by atoms with E-state index >= 15 is 0 Å². The lowest BCUT2D eigenvalue weighted by molar-refractivity contribution is -0.120. The first-order valence-corrected chi connectivity index (χ1v) is 3.68. The summed E-state index contributed by atoms with van der Waals surface area (Å²) in [6.07, 6.45) is 0. The number of rotatable bonds is 2. The van der Waals surface area contributed by atoms with Crippen LogP contribution in [0.1, 0.15) is 13.8 Å². The molecule has 0 spiro atoms. The Kier molecular flexibility index (Phi) is 2.27. The van der Waals surface area contributed by atoms with Crippen molar-refractivity contribution in [2.45, 2.75) is 19.9 Å². The van der Waals surface area contributed by atoms with Crippen LogP contribution in [0.15, 0.2) is 0 Å². The van der Waals surface area contributed by atoms with Crippen LogP contribution in [0.25, 0.3) is 0 Å². The van der Waals surface area contributed by atoms with Gasteiger partial charge >= 0.3 is 0 Å².